The van der Waals surface area contributed by atoms with Gasteiger partial charge < -0.3 is 24.6 Å². The molecule has 1 heterocycles. The number of nitrogens with one attached hydrogen (secondary N) is 1. The largest absolute Gasteiger partial charge is 0.497 e. The van der Waals surface area contributed by atoms with Gasteiger partial charge in [0, 0.05) is 12.8 Å². The van der Waals surface area contributed by atoms with Crippen molar-refractivity contribution in [2.24, 2.45) is 5.92 Å². The highest BCUT2D eigenvalue weighted by Gasteiger charge is 2.45. The summed E-state index contributed by atoms with van der Waals surface area (Å²) < 4.78 is 44.0. The second kappa shape index (κ2) is 8.87. The van der Waals surface area contributed by atoms with Crippen molar-refractivity contribution in [3.8, 4) is 11.5 Å². The summed E-state index contributed by atoms with van der Waals surface area (Å²) in [5.41, 5.74) is 0. The molecule has 0 radical (unpaired) electrons. The van der Waals surface area contributed by atoms with E-state index in [-0.39, 0.29) is 12.5 Å². The van der Waals surface area contributed by atoms with Crippen LogP contribution in [0.1, 0.15) is 13.8 Å². The summed E-state index contributed by atoms with van der Waals surface area (Å²) in [6.07, 6.45) is -1.88. The van der Waals surface area contributed by atoms with Gasteiger partial charge in [0.05, 0.1) is 32.2 Å². The van der Waals surface area contributed by atoms with E-state index in [0.717, 1.165) is 6.26 Å². The Morgan fingerprint density at radius 2 is 1.85 bits per heavy atom. The number of rotatable bonds is 7. The predicted molar refractivity (Wildman–Crippen MR) is 95.9 cm³/mol. The van der Waals surface area contributed by atoms with E-state index in [1.807, 2.05) is 0 Å². The third kappa shape index (κ3) is 6.06. The highest BCUT2D eigenvalue weighted by atomic mass is 32.2. The predicted octanol–water partition coefficient (Wildman–Crippen LogP) is 0.277. The molecule has 2 rings (SSSR count). The molecule has 0 saturated carbocycles. The number of amides is 1. The number of hydrogen-bond acceptors (Lipinski definition) is 8. The van der Waals surface area contributed by atoms with Crippen molar-refractivity contribution in [2.45, 2.75) is 38.4 Å². The van der Waals surface area contributed by atoms with E-state index in [1.165, 1.54) is 14.0 Å². The molecule has 0 bridgehead atoms. The van der Waals surface area contributed by atoms with Crippen molar-refractivity contribution in [3.05, 3.63) is 24.3 Å². The second-order valence-corrected chi connectivity index (χ2v) is 8.04. The number of methoxy groups -OCH3 is 1. The normalized spacial score (nSPS) is 28.4. The first-order chi connectivity index (χ1) is 12.6. The minimum atomic E-state index is -3.67. The summed E-state index contributed by atoms with van der Waals surface area (Å²) in [5, 5.41) is 13.2. The molecule has 0 aromatic heterocycles. The van der Waals surface area contributed by atoms with E-state index >= 15 is 0 Å². The van der Waals surface area contributed by atoms with Crippen molar-refractivity contribution in [1.82, 2.24) is 5.32 Å². The third-order valence-corrected chi connectivity index (χ3v) is 4.79. The van der Waals surface area contributed by atoms with Gasteiger partial charge in [-0.25, -0.2) is 0 Å². The number of aliphatic hydroxyl groups excluding tert-OH is 1. The second-order valence-electron chi connectivity index (χ2n) is 6.40. The zero-order chi connectivity index (χ0) is 20.2. The van der Waals surface area contributed by atoms with Crippen LogP contribution in [0.2, 0.25) is 0 Å². The summed E-state index contributed by atoms with van der Waals surface area (Å²) >= 11 is 0. The molecule has 1 aromatic carbocycles. The molecule has 1 saturated heterocycles. The Morgan fingerprint density at radius 1 is 1.26 bits per heavy atom. The first-order valence-corrected chi connectivity index (χ1v) is 10.2. The van der Waals surface area contributed by atoms with E-state index < -0.39 is 40.6 Å². The Kier molecular flexibility index (Phi) is 7.04. The molecular weight excluding hydrogens is 378 g/mol. The lowest BCUT2D eigenvalue weighted by Crippen LogP contribution is -2.62. The van der Waals surface area contributed by atoms with Gasteiger partial charge in [0.25, 0.3) is 10.1 Å². The average Bonchev–Trinajstić information content (AvgIpc) is 2.59. The van der Waals surface area contributed by atoms with Crippen LogP contribution in [0, 0.1) is 5.92 Å². The summed E-state index contributed by atoms with van der Waals surface area (Å²) in [4.78, 5) is 11.5. The number of benzene rings is 1. The minimum absolute atomic E-state index is 0.272. The molecule has 2 unspecified atom stereocenters. The molecule has 10 heteroatoms. The van der Waals surface area contributed by atoms with E-state index in [9.17, 15) is 18.3 Å². The maximum atomic E-state index is 11.5. The van der Waals surface area contributed by atoms with Crippen LogP contribution in [0.15, 0.2) is 24.3 Å². The molecule has 5 atom stereocenters. The highest BCUT2D eigenvalue weighted by Crippen LogP contribution is 2.29. The number of aliphatic hydroxyl groups is 1. The molecular formula is C17H25NO8S. The first kappa shape index (κ1) is 21.4. The molecule has 2 N–H and O–H groups in total. The number of hydrogen-bond donors (Lipinski definition) is 2. The fourth-order valence-electron chi connectivity index (χ4n) is 2.75. The minimum Gasteiger partial charge on any atom is -0.497 e. The zero-order valence-electron chi connectivity index (χ0n) is 15.6. The highest BCUT2D eigenvalue weighted by molar-refractivity contribution is 7.85. The van der Waals surface area contributed by atoms with Crippen LogP contribution in [0.5, 0.6) is 11.5 Å². The lowest BCUT2D eigenvalue weighted by molar-refractivity contribution is -0.222. The van der Waals surface area contributed by atoms with Gasteiger partial charge in [-0.3, -0.25) is 8.98 Å². The van der Waals surface area contributed by atoms with Crippen molar-refractivity contribution < 1.29 is 36.7 Å². The fraction of sp³-hybridized carbons (Fsp3) is 0.588. The van der Waals surface area contributed by atoms with Gasteiger partial charge >= 0.3 is 0 Å². The van der Waals surface area contributed by atoms with Crippen LogP contribution in [0.25, 0.3) is 0 Å². The van der Waals surface area contributed by atoms with Crippen molar-refractivity contribution in [1.29, 1.82) is 0 Å². The van der Waals surface area contributed by atoms with Crippen LogP contribution >= 0.6 is 0 Å². The molecule has 27 heavy (non-hydrogen) atoms. The molecule has 1 amide bonds. The van der Waals surface area contributed by atoms with Gasteiger partial charge in [-0.05, 0) is 24.3 Å². The van der Waals surface area contributed by atoms with Gasteiger partial charge in [-0.2, -0.15) is 8.42 Å². The molecule has 0 aliphatic carbocycles. The maximum absolute atomic E-state index is 11.5. The Hall–Kier alpha value is -1.88. The number of carbonyl (C=O) groups excluding carboxylic acids is 1. The standard InChI is InChI=1S/C17H25NO8S/c1-10-14(9-24-27(4,21)22)26-17(15(16(10)20)18-11(2)19)25-13-7-5-12(23-3)6-8-13/h5-8,10,14-17,20H,9H2,1-4H3,(H,18,19)/t10-,14?,15?,16+,17-/m1/s1. The Labute approximate surface area is 158 Å². The van der Waals surface area contributed by atoms with Gasteiger partial charge in [0.1, 0.15) is 17.5 Å². The smallest absolute Gasteiger partial charge is 0.264 e. The summed E-state index contributed by atoms with van der Waals surface area (Å²) in [7, 11) is -2.13. The van der Waals surface area contributed by atoms with Crippen molar-refractivity contribution >= 4 is 16.0 Å². The third-order valence-electron chi connectivity index (χ3n) is 4.22. The molecule has 1 fully saturated rings. The van der Waals surface area contributed by atoms with Crippen LogP contribution in [0.4, 0.5) is 0 Å². The monoisotopic (exact) mass is 403 g/mol. The summed E-state index contributed by atoms with van der Waals surface area (Å²) in [5.74, 6) is 0.211. The van der Waals surface area contributed by atoms with Gasteiger partial charge in [0.15, 0.2) is 0 Å². The quantitative estimate of drug-likeness (QED) is 0.623. The van der Waals surface area contributed by atoms with Gasteiger partial charge in [0.2, 0.25) is 12.2 Å². The first-order valence-electron chi connectivity index (χ1n) is 8.36. The summed E-state index contributed by atoms with van der Waals surface area (Å²) in [6, 6.07) is 5.84. The molecule has 1 aliphatic heterocycles. The SMILES string of the molecule is COc1ccc(O[C@@H]2OC(COS(C)(=O)=O)[C@@H](C)[C@H](O)C2NC(C)=O)cc1. The van der Waals surface area contributed by atoms with Crippen LogP contribution in [0.3, 0.4) is 0 Å². The van der Waals surface area contributed by atoms with E-state index in [4.69, 9.17) is 18.4 Å². The van der Waals surface area contributed by atoms with Crippen LogP contribution in [-0.4, -0.2) is 63.9 Å². The lowest BCUT2D eigenvalue weighted by atomic mass is 9.89. The zero-order valence-corrected chi connectivity index (χ0v) is 16.4. The molecule has 152 valence electrons. The molecule has 9 nitrogen and oxygen atoms in total. The van der Waals surface area contributed by atoms with Gasteiger partial charge in [-0.1, -0.05) is 6.92 Å². The molecule has 1 aliphatic rings. The Morgan fingerprint density at radius 3 is 2.37 bits per heavy atom. The maximum Gasteiger partial charge on any atom is 0.264 e. The Bertz CT molecular complexity index is 736. The number of ether oxygens (including phenoxy) is 3. The van der Waals surface area contributed by atoms with E-state index in [0.29, 0.717) is 11.5 Å². The number of carbonyl (C=O) groups is 1. The molecule has 1 aromatic rings. The van der Waals surface area contributed by atoms with Crippen LogP contribution < -0.4 is 14.8 Å². The summed E-state index contributed by atoms with van der Waals surface area (Å²) in [6.45, 7) is 2.73. The average molecular weight is 403 g/mol. The van der Waals surface area contributed by atoms with Crippen LogP contribution in [-0.2, 0) is 23.8 Å². The lowest BCUT2D eigenvalue weighted by Gasteiger charge is -2.43. The van der Waals surface area contributed by atoms with Gasteiger partial charge in [-0.15, -0.1) is 0 Å². The fourth-order valence-corrected chi connectivity index (χ4v) is 3.13. The van der Waals surface area contributed by atoms with Crippen molar-refractivity contribution in [2.75, 3.05) is 20.0 Å². The molecule has 0 spiro atoms. The Balaban J connectivity index is 2.19. The van der Waals surface area contributed by atoms with Crippen molar-refractivity contribution in [3.63, 3.8) is 0 Å². The topological polar surface area (TPSA) is 120 Å². The van der Waals surface area contributed by atoms with E-state index in [1.54, 1.807) is 31.2 Å². The van der Waals surface area contributed by atoms with E-state index in [2.05, 4.69) is 5.32 Å².